The molecule has 0 atom stereocenters. The Morgan fingerprint density at radius 3 is 2.55 bits per heavy atom. The molecule has 0 saturated carbocycles. The van der Waals surface area contributed by atoms with Crippen molar-refractivity contribution in [2.45, 2.75) is 44.6 Å². The van der Waals surface area contributed by atoms with Crippen molar-refractivity contribution < 1.29 is 9.53 Å². The molecule has 0 unspecified atom stereocenters. The summed E-state index contributed by atoms with van der Waals surface area (Å²) in [4.78, 5) is 13.7. The number of ether oxygens (including phenoxy) is 1. The van der Waals surface area contributed by atoms with Gasteiger partial charge in [-0.25, -0.2) is 4.79 Å². The smallest absolute Gasteiger partial charge is 0.410 e. The Balaban J connectivity index is 2.02. The topological polar surface area (TPSA) is 53.3 Å². The molecular weight excluding hydrogens is 272 g/mol. The molecule has 0 aliphatic carbocycles. The van der Waals surface area contributed by atoms with Gasteiger partial charge < -0.3 is 9.64 Å². The van der Waals surface area contributed by atoms with Crippen molar-refractivity contribution in [2.24, 2.45) is 0 Å². The van der Waals surface area contributed by atoms with E-state index in [1.807, 2.05) is 37.6 Å². The highest BCUT2D eigenvalue weighted by atomic mass is 32.1. The summed E-state index contributed by atoms with van der Waals surface area (Å²) in [5, 5.41) is 13.6. The lowest BCUT2D eigenvalue weighted by atomic mass is 9.75. The third-order valence-electron chi connectivity index (χ3n) is 3.56. The lowest BCUT2D eigenvalue weighted by molar-refractivity contribution is 0.0185. The highest BCUT2D eigenvalue weighted by Gasteiger charge is 2.38. The summed E-state index contributed by atoms with van der Waals surface area (Å²) in [5.41, 5.74) is 0.154. The molecule has 108 valence electrons. The first kappa shape index (κ1) is 14.9. The molecule has 1 fully saturated rings. The zero-order valence-electron chi connectivity index (χ0n) is 12.2. The van der Waals surface area contributed by atoms with Crippen molar-refractivity contribution in [2.75, 3.05) is 13.1 Å². The van der Waals surface area contributed by atoms with Gasteiger partial charge in [0.25, 0.3) is 0 Å². The summed E-state index contributed by atoms with van der Waals surface area (Å²) in [6.07, 6.45) is 1.05. The van der Waals surface area contributed by atoms with Crippen LogP contribution in [0.2, 0.25) is 0 Å². The highest BCUT2D eigenvalue weighted by molar-refractivity contribution is 7.08. The van der Waals surface area contributed by atoms with E-state index in [4.69, 9.17) is 4.74 Å². The van der Waals surface area contributed by atoms with Crippen LogP contribution in [0.15, 0.2) is 16.8 Å². The largest absolute Gasteiger partial charge is 0.444 e. The van der Waals surface area contributed by atoms with E-state index in [9.17, 15) is 10.1 Å². The number of hydrogen-bond acceptors (Lipinski definition) is 4. The molecule has 0 aromatic carbocycles. The second-order valence-corrected chi connectivity index (χ2v) is 6.95. The van der Waals surface area contributed by atoms with Gasteiger partial charge in [0, 0.05) is 13.1 Å². The molecule has 20 heavy (non-hydrogen) atoms. The summed E-state index contributed by atoms with van der Waals surface area (Å²) in [6.45, 7) is 6.72. The third kappa shape index (κ3) is 3.13. The van der Waals surface area contributed by atoms with Crippen LogP contribution >= 0.6 is 11.3 Å². The zero-order valence-corrected chi connectivity index (χ0v) is 13.0. The number of hydrogen-bond donors (Lipinski definition) is 0. The van der Waals surface area contributed by atoms with E-state index in [-0.39, 0.29) is 6.09 Å². The van der Waals surface area contributed by atoms with Crippen LogP contribution in [0.1, 0.15) is 39.2 Å². The Morgan fingerprint density at radius 2 is 2.10 bits per heavy atom. The van der Waals surface area contributed by atoms with Crippen LogP contribution in [0.25, 0.3) is 0 Å². The van der Waals surface area contributed by atoms with Crippen LogP contribution in [0.5, 0.6) is 0 Å². The predicted molar refractivity (Wildman–Crippen MR) is 78.7 cm³/mol. The first-order chi connectivity index (χ1) is 9.36. The molecule has 4 nitrogen and oxygen atoms in total. The van der Waals surface area contributed by atoms with Gasteiger partial charge in [-0.2, -0.15) is 16.6 Å². The van der Waals surface area contributed by atoms with Gasteiger partial charge in [-0.3, -0.25) is 0 Å². The van der Waals surface area contributed by atoms with Crippen molar-refractivity contribution in [3.63, 3.8) is 0 Å². The maximum atomic E-state index is 12.0. The minimum atomic E-state index is -0.478. The van der Waals surface area contributed by atoms with Gasteiger partial charge in [0.1, 0.15) is 5.60 Å². The quantitative estimate of drug-likeness (QED) is 0.795. The third-order valence-corrected chi connectivity index (χ3v) is 4.24. The second kappa shape index (κ2) is 5.45. The normalized spacial score (nSPS) is 18.4. The molecule has 0 bridgehead atoms. The van der Waals surface area contributed by atoms with Gasteiger partial charge in [0.05, 0.1) is 11.5 Å². The molecule has 1 aliphatic heterocycles. The van der Waals surface area contributed by atoms with Crippen molar-refractivity contribution in [3.05, 3.63) is 22.4 Å². The van der Waals surface area contributed by atoms with Crippen LogP contribution in [-0.4, -0.2) is 29.7 Å². The SMILES string of the molecule is CC(C)(C)OC(=O)N1CCC(C#N)(c2ccsc2)CC1. The van der Waals surface area contributed by atoms with E-state index in [1.165, 1.54) is 0 Å². The first-order valence-corrected chi connectivity index (χ1v) is 7.72. The molecule has 5 heteroatoms. The zero-order chi connectivity index (χ0) is 14.8. The number of carbonyl (C=O) groups is 1. The molecule has 0 spiro atoms. The monoisotopic (exact) mass is 292 g/mol. The number of piperidine rings is 1. The van der Waals surface area contributed by atoms with Crippen LogP contribution in [0, 0.1) is 11.3 Å². The summed E-state index contributed by atoms with van der Waals surface area (Å²) >= 11 is 1.61. The minimum absolute atomic E-state index is 0.283. The summed E-state index contributed by atoms with van der Waals surface area (Å²) < 4.78 is 5.38. The summed E-state index contributed by atoms with van der Waals surface area (Å²) in [7, 11) is 0. The maximum Gasteiger partial charge on any atom is 0.410 e. The van der Waals surface area contributed by atoms with Crippen LogP contribution in [0.3, 0.4) is 0 Å². The van der Waals surface area contributed by atoms with E-state index in [1.54, 1.807) is 16.2 Å². The van der Waals surface area contributed by atoms with Crippen molar-refractivity contribution in [1.82, 2.24) is 4.90 Å². The number of thiophene rings is 1. The lowest BCUT2D eigenvalue weighted by Gasteiger charge is -2.37. The number of rotatable bonds is 1. The fourth-order valence-corrected chi connectivity index (χ4v) is 3.15. The van der Waals surface area contributed by atoms with Crippen LogP contribution < -0.4 is 0 Å². The van der Waals surface area contributed by atoms with E-state index in [0.29, 0.717) is 25.9 Å². The highest BCUT2D eigenvalue weighted by Crippen LogP contribution is 2.36. The number of nitriles is 1. The fraction of sp³-hybridized carbons (Fsp3) is 0.600. The van der Waals surface area contributed by atoms with Gasteiger partial charge >= 0.3 is 6.09 Å². The van der Waals surface area contributed by atoms with E-state index in [0.717, 1.165) is 5.56 Å². The van der Waals surface area contributed by atoms with E-state index < -0.39 is 11.0 Å². The fourth-order valence-electron chi connectivity index (χ4n) is 2.40. The van der Waals surface area contributed by atoms with Gasteiger partial charge in [-0.15, -0.1) is 0 Å². The predicted octanol–water partition coefficient (Wildman–Crippen LogP) is 3.54. The van der Waals surface area contributed by atoms with E-state index in [2.05, 4.69) is 6.07 Å². The van der Waals surface area contributed by atoms with Gasteiger partial charge in [-0.05, 0) is 56.0 Å². The Labute approximate surface area is 124 Å². The van der Waals surface area contributed by atoms with Gasteiger partial charge in [0.2, 0.25) is 0 Å². The molecular formula is C15H20N2O2S. The van der Waals surface area contributed by atoms with Crippen molar-refractivity contribution in [1.29, 1.82) is 5.26 Å². The van der Waals surface area contributed by atoms with Crippen LogP contribution in [-0.2, 0) is 10.2 Å². The lowest BCUT2D eigenvalue weighted by Crippen LogP contribution is -2.46. The Bertz CT molecular complexity index is 503. The van der Waals surface area contributed by atoms with E-state index >= 15 is 0 Å². The number of amides is 1. The molecule has 2 heterocycles. The molecule has 1 saturated heterocycles. The van der Waals surface area contributed by atoms with Crippen molar-refractivity contribution in [3.8, 4) is 6.07 Å². The number of likely N-dealkylation sites (tertiary alicyclic amines) is 1. The molecule has 0 N–H and O–H groups in total. The molecule has 0 radical (unpaired) electrons. The Morgan fingerprint density at radius 1 is 1.45 bits per heavy atom. The summed E-state index contributed by atoms with van der Waals surface area (Å²) in [6, 6.07) is 4.47. The molecule has 2 rings (SSSR count). The first-order valence-electron chi connectivity index (χ1n) is 6.78. The van der Waals surface area contributed by atoms with Crippen LogP contribution in [0.4, 0.5) is 4.79 Å². The number of carbonyl (C=O) groups excluding carboxylic acids is 1. The standard InChI is InChI=1S/C15H20N2O2S/c1-14(2,3)19-13(18)17-7-5-15(11-16,6-8-17)12-4-9-20-10-12/h4,9-10H,5-8H2,1-3H3. The summed E-state index contributed by atoms with van der Waals surface area (Å²) in [5.74, 6) is 0. The van der Waals surface area contributed by atoms with Gasteiger partial charge in [0.15, 0.2) is 0 Å². The number of nitrogens with zero attached hydrogens (tertiary/aromatic N) is 2. The molecule has 1 aromatic heterocycles. The minimum Gasteiger partial charge on any atom is -0.444 e. The molecule has 1 amide bonds. The van der Waals surface area contributed by atoms with Gasteiger partial charge in [-0.1, -0.05) is 0 Å². The second-order valence-electron chi connectivity index (χ2n) is 6.17. The molecule has 1 aromatic rings. The average Bonchev–Trinajstić information content (AvgIpc) is 2.91. The maximum absolute atomic E-state index is 12.0. The van der Waals surface area contributed by atoms with Crippen molar-refractivity contribution >= 4 is 17.4 Å². The Hall–Kier alpha value is -1.54. The molecule has 1 aliphatic rings. The Kier molecular flexibility index (Phi) is 4.05. The average molecular weight is 292 g/mol.